The number of nitrogens with zero attached hydrogens (tertiary/aromatic N) is 3. The van der Waals surface area contributed by atoms with Crippen molar-refractivity contribution >= 4 is 40.0 Å². The summed E-state index contributed by atoms with van der Waals surface area (Å²) < 4.78 is 1.37. The molecule has 2 amide bonds. The molecule has 1 saturated heterocycles. The van der Waals surface area contributed by atoms with Gasteiger partial charge >= 0.3 is 0 Å². The predicted octanol–water partition coefficient (Wildman–Crippen LogP) is 1.84. The quantitative estimate of drug-likeness (QED) is 0.681. The van der Waals surface area contributed by atoms with E-state index in [2.05, 4.69) is 4.98 Å². The van der Waals surface area contributed by atoms with Crippen LogP contribution in [0.25, 0.3) is 16.6 Å². The molecule has 138 valence electrons. The van der Waals surface area contributed by atoms with Gasteiger partial charge in [0.15, 0.2) is 0 Å². The van der Waals surface area contributed by atoms with Crippen LogP contribution in [-0.4, -0.2) is 39.2 Å². The number of hydrogen-bond acceptors (Lipinski definition) is 4. The lowest BCUT2D eigenvalue weighted by atomic mass is 9.96. The highest BCUT2D eigenvalue weighted by Gasteiger charge is 2.26. The molecule has 0 atom stereocenters. The Morgan fingerprint density at radius 1 is 1.15 bits per heavy atom. The molecule has 8 heteroatoms. The van der Waals surface area contributed by atoms with Crippen LogP contribution in [0.4, 0.5) is 0 Å². The number of pyridine rings is 1. The highest BCUT2D eigenvalue weighted by Crippen LogP contribution is 2.20. The second kappa shape index (κ2) is 6.66. The van der Waals surface area contributed by atoms with Crippen LogP contribution in [0.1, 0.15) is 23.2 Å². The van der Waals surface area contributed by atoms with Crippen LogP contribution in [0, 0.1) is 5.92 Å². The lowest BCUT2D eigenvalue weighted by molar-refractivity contribution is -0.123. The molecule has 0 aliphatic carbocycles. The zero-order valence-electron chi connectivity index (χ0n) is 14.4. The summed E-state index contributed by atoms with van der Waals surface area (Å²) in [6.45, 7) is 0.932. The monoisotopic (exact) mass is 384 g/mol. The molecule has 2 N–H and O–H groups in total. The number of rotatable bonds is 2. The average Bonchev–Trinajstić information content (AvgIpc) is 2.67. The van der Waals surface area contributed by atoms with E-state index >= 15 is 0 Å². The highest BCUT2D eigenvalue weighted by molar-refractivity contribution is 6.31. The second-order valence-electron chi connectivity index (χ2n) is 6.69. The Morgan fingerprint density at radius 3 is 2.59 bits per heavy atom. The van der Waals surface area contributed by atoms with E-state index in [1.54, 1.807) is 35.2 Å². The first kappa shape index (κ1) is 17.5. The van der Waals surface area contributed by atoms with Gasteiger partial charge in [0.2, 0.25) is 5.91 Å². The number of aromatic nitrogens is 2. The first-order chi connectivity index (χ1) is 12.9. The standard InChI is InChI=1S/C19H17ClN4O3/c20-13-2-3-14-15(9-13)22-16-4-1-12(10-24(16)19(14)27)18(26)23-7-5-11(6-8-23)17(21)25/h1-4,9-11H,5-8H2,(H2,21,25). The number of nitrogens with two attached hydrogens (primary N) is 1. The van der Waals surface area contributed by atoms with Crippen LogP contribution < -0.4 is 11.3 Å². The van der Waals surface area contributed by atoms with Gasteiger partial charge in [0.25, 0.3) is 11.5 Å². The van der Waals surface area contributed by atoms with Gasteiger partial charge in [0.05, 0.1) is 16.5 Å². The van der Waals surface area contributed by atoms with Crippen molar-refractivity contribution in [1.29, 1.82) is 0 Å². The van der Waals surface area contributed by atoms with E-state index < -0.39 is 0 Å². The smallest absolute Gasteiger partial charge is 0.265 e. The highest BCUT2D eigenvalue weighted by atomic mass is 35.5. The topological polar surface area (TPSA) is 97.8 Å². The third-order valence-electron chi connectivity index (χ3n) is 5.00. The van der Waals surface area contributed by atoms with Crippen LogP contribution in [0.2, 0.25) is 5.02 Å². The molecule has 0 radical (unpaired) electrons. The molecule has 2 aromatic heterocycles. The molecule has 3 heterocycles. The first-order valence-electron chi connectivity index (χ1n) is 8.64. The van der Waals surface area contributed by atoms with Gasteiger partial charge in [-0.15, -0.1) is 0 Å². The van der Waals surface area contributed by atoms with Crippen LogP contribution in [0.3, 0.4) is 0 Å². The molecule has 1 fully saturated rings. The van der Waals surface area contributed by atoms with Crippen molar-refractivity contribution in [3.63, 3.8) is 0 Å². The van der Waals surface area contributed by atoms with Gasteiger partial charge in [-0.2, -0.15) is 0 Å². The lowest BCUT2D eigenvalue weighted by Gasteiger charge is -2.30. The first-order valence-corrected chi connectivity index (χ1v) is 9.02. The fourth-order valence-electron chi connectivity index (χ4n) is 3.45. The molecule has 3 aromatic rings. The van der Waals surface area contributed by atoms with E-state index in [-0.39, 0.29) is 23.3 Å². The Hall–Kier alpha value is -2.93. The number of carbonyl (C=O) groups is 2. The van der Waals surface area contributed by atoms with Gasteiger partial charge in [-0.25, -0.2) is 4.98 Å². The van der Waals surface area contributed by atoms with Crippen molar-refractivity contribution in [3.05, 3.63) is 57.5 Å². The number of primary amides is 1. The summed E-state index contributed by atoms with van der Waals surface area (Å²) in [6, 6.07) is 8.20. The van der Waals surface area contributed by atoms with Crippen molar-refractivity contribution < 1.29 is 9.59 Å². The second-order valence-corrected chi connectivity index (χ2v) is 7.13. The Morgan fingerprint density at radius 2 is 1.89 bits per heavy atom. The Kier molecular flexibility index (Phi) is 4.31. The molecule has 27 heavy (non-hydrogen) atoms. The Bertz CT molecular complexity index is 1130. The largest absolute Gasteiger partial charge is 0.369 e. The molecule has 0 saturated carbocycles. The zero-order chi connectivity index (χ0) is 19.1. The molecule has 1 aliphatic heterocycles. The van der Waals surface area contributed by atoms with E-state index in [9.17, 15) is 14.4 Å². The van der Waals surface area contributed by atoms with Gasteiger partial charge in [0, 0.05) is 30.2 Å². The normalized spacial score (nSPS) is 15.4. The van der Waals surface area contributed by atoms with Gasteiger partial charge in [0.1, 0.15) is 5.65 Å². The molecule has 7 nitrogen and oxygen atoms in total. The minimum Gasteiger partial charge on any atom is -0.369 e. The predicted molar refractivity (Wildman–Crippen MR) is 102 cm³/mol. The number of likely N-dealkylation sites (tertiary alicyclic amines) is 1. The maximum Gasteiger partial charge on any atom is 0.265 e. The van der Waals surface area contributed by atoms with Crippen LogP contribution in [0.15, 0.2) is 41.3 Å². The summed E-state index contributed by atoms with van der Waals surface area (Å²) >= 11 is 5.98. The maximum atomic E-state index is 12.8. The summed E-state index contributed by atoms with van der Waals surface area (Å²) in [5, 5.41) is 0.939. The number of hydrogen-bond donors (Lipinski definition) is 1. The Labute approximate surface area is 159 Å². The van der Waals surface area contributed by atoms with E-state index in [0.717, 1.165) is 0 Å². The molecule has 0 bridgehead atoms. The fraction of sp³-hybridized carbons (Fsp3) is 0.263. The fourth-order valence-corrected chi connectivity index (χ4v) is 3.62. The average molecular weight is 385 g/mol. The van der Waals surface area contributed by atoms with Gasteiger partial charge < -0.3 is 10.6 Å². The summed E-state index contributed by atoms with van der Waals surface area (Å²) in [4.78, 5) is 43.0. The maximum absolute atomic E-state index is 12.8. The third-order valence-corrected chi connectivity index (χ3v) is 5.24. The molecular weight excluding hydrogens is 368 g/mol. The SMILES string of the molecule is NC(=O)C1CCN(C(=O)c2ccc3nc4cc(Cl)ccc4c(=O)n3c2)CC1. The molecule has 0 unspecified atom stereocenters. The number of benzene rings is 1. The zero-order valence-corrected chi connectivity index (χ0v) is 15.1. The number of carbonyl (C=O) groups excluding carboxylic acids is 2. The number of piperidine rings is 1. The Balaban J connectivity index is 1.69. The number of fused-ring (bicyclic) bond motifs is 2. The van der Waals surface area contributed by atoms with E-state index in [1.165, 1.54) is 10.6 Å². The minimum atomic E-state index is -0.322. The summed E-state index contributed by atoms with van der Waals surface area (Å²) in [5.74, 6) is -0.684. The van der Waals surface area contributed by atoms with E-state index in [0.29, 0.717) is 53.1 Å². The number of halogens is 1. The van der Waals surface area contributed by atoms with Crippen LogP contribution in [-0.2, 0) is 4.79 Å². The molecular formula is C19H17ClN4O3. The summed E-state index contributed by atoms with van der Waals surface area (Å²) in [5.41, 5.74) is 6.44. The van der Waals surface area contributed by atoms with Gasteiger partial charge in [-0.05, 0) is 43.2 Å². The lowest BCUT2D eigenvalue weighted by Crippen LogP contribution is -2.41. The molecule has 4 rings (SSSR count). The van der Waals surface area contributed by atoms with Crippen molar-refractivity contribution in [1.82, 2.24) is 14.3 Å². The van der Waals surface area contributed by atoms with E-state index in [4.69, 9.17) is 17.3 Å². The van der Waals surface area contributed by atoms with Crippen molar-refractivity contribution in [2.45, 2.75) is 12.8 Å². The summed E-state index contributed by atoms with van der Waals surface area (Å²) in [6.07, 6.45) is 2.63. The molecule has 1 aromatic carbocycles. The van der Waals surface area contributed by atoms with Crippen LogP contribution in [0.5, 0.6) is 0 Å². The van der Waals surface area contributed by atoms with Crippen molar-refractivity contribution in [2.24, 2.45) is 11.7 Å². The third kappa shape index (κ3) is 3.14. The molecule has 1 aliphatic rings. The van der Waals surface area contributed by atoms with E-state index in [1.807, 2.05) is 0 Å². The van der Waals surface area contributed by atoms with Crippen molar-refractivity contribution in [2.75, 3.05) is 13.1 Å². The minimum absolute atomic E-state index is 0.178. The van der Waals surface area contributed by atoms with Gasteiger partial charge in [-0.3, -0.25) is 18.8 Å². The number of amides is 2. The summed E-state index contributed by atoms with van der Waals surface area (Å²) in [7, 11) is 0. The van der Waals surface area contributed by atoms with Crippen molar-refractivity contribution in [3.8, 4) is 0 Å². The molecule has 0 spiro atoms. The van der Waals surface area contributed by atoms with Gasteiger partial charge in [-0.1, -0.05) is 11.6 Å². The van der Waals surface area contributed by atoms with Crippen LogP contribution >= 0.6 is 11.6 Å².